The van der Waals surface area contributed by atoms with Gasteiger partial charge < -0.3 is 5.73 Å². The molecule has 1 aliphatic rings. The number of hydrogen-bond donors (Lipinski definition) is 1. The molecule has 2 N–H and O–H groups in total. The highest BCUT2D eigenvalue weighted by molar-refractivity contribution is 5.79. The Morgan fingerprint density at radius 3 is 2.95 bits per heavy atom. The van der Waals surface area contributed by atoms with Gasteiger partial charge in [-0.05, 0) is 56.0 Å². The van der Waals surface area contributed by atoms with E-state index < -0.39 is 0 Å². The third-order valence-corrected chi connectivity index (χ3v) is 4.59. The minimum absolute atomic E-state index is 0.332. The molecule has 112 valence electrons. The summed E-state index contributed by atoms with van der Waals surface area (Å²) in [5, 5.41) is 1.21. The first-order chi connectivity index (χ1) is 10.2. The number of fused-ring (bicyclic) bond motifs is 1. The normalized spacial score (nSPS) is 21.6. The molecule has 2 heterocycles. The Kier molecular flexibility index (Phi) is 4.22. The Hall–Kier alpha value is -1.45. The van der Waals surface area contributed by atoms with Crippen LogP contribution in [0.4, 0.5) is 0 Å². The van der Waals surface area contributed by atoms with Gasteiger partial charge in [-0.25, -0.2) is 0 Å². The van der Waals surface area contributed by atoms with Gasteiger partial charge in [0.25, 0.3) is 0 Å². The van der Waals surface area contributed by atoms with E-state index >= 15 is 0 Å². The predicted octanol–water partition coefficient (Wildman–Crippen LogP) is 3.27. The summed E-state index contributed by atoms with van der Waals surface area (Å²) in [5.74, 6) is 0.776. The van der Waals surface area contributed by atoms with Crippen molar-refractivity contribution in [1.82, 2.24) is 9.88 Å². The highest BCUT2D eigenvalue weighted by Crippen LogP contribution is 2.28. The highest BCUT2D eigenvalue weighted by Gasteiger charge is 2.24. The van der Waals surface area contributed by atoms with Gasteiger partial charge in [0.05, 0.1) is 5.52 Å². The van der Waals surface area contributed by atoms with Crippen LogP contribution in [0.1, 0.15) is 37.1 Å². The molecule has 2 atom stereocenters. The molecule has 0 aliphatic carbocycles. The molecular weight excluding hydrogens is 258 g/mol. The molecule has 2 unspecified atom stereocenters. The lowest BCUT2D eigenvalue weighted by atomic mass is 9.95. The minimum Gasteiger partial charge on any atom is -0.329 e. The second-order valence-corrected chi connectivity index (χ2v) is 6.40. The van der Waals surface area contributed by atoms with Crippen molar-refractivity contribution in [2.75, 3.05) is 19.6 Å². The van der Waals surface area contributed by atoms with Gasteiger partial charge in [0, 0.05) is 30.2 Å². The summed E-state index contributed by atoms with van der Waals surface area (Å²) in [6, 6.07) is 11.2. The van der Waals surface area contributed by atoms with Gasteiger partial charge in [-0.1, -0.05) is 19.1 Å². The maximum absolute atomic E-state index is 6.09. The molecule has 1 saturated heterocycles. The molecule has 1 aromatic heterocycles. The molecule has 0 radical (unpaired) electrons. The van der Waals surface area contributed by atoms with Crippen molar-refractivity contribution in [2.45, 2.75) is 32.7 Å². The standard InChI is InChI=1S/C18H25N3/c1-13-4-3-9-21(12-13)18(11-19)16-7-8-17-15(10-16)6-5-14(2)20-17/h5-8,10,13,18H,3-4,9,11-12,19H2,1-2H3. The van der Waals surface area contributed by atoms with Gasteiger partial charge in [0.1, 0.15) is 0 Å². The van der Waals surface area contributed by atoms with Gasteiger partial charge in [0.15, 0.2) is 0 Å². The van der Waals surface area contributed by atoms with Gasteiger partial charge in [-0.3, -0.25) is 9.88 Å². The van der Waals surface area contributed by atoms with E-state index in [1.54, 1.807) is 0 Å². The molecule has 1 fully saturated rings. The van der Waals surface area contributed by atoms with Crippen LogP contribution in [0, 0.1) is 12.8 Å². The molecule has 0 spiro atoms. The first kappa shape index (κ1) is 14.5. The van der Waals surface area contributed by atoms with Gasteiger partial charge in [-0.2, -0.15) is 0 Å². The van der Waals surface area contributed by atoms with Crippen LogP contribution in [0.15, 0.2) is 30.3 Å². The number of aryl methyl sites for hydroxylation is 1. The van der Waals surface area contributed by atoms with E-state index in [0.717, 1.165) is 30.2 Å². The number of nitrogens with zero attached hydrogens (tertiary/aromatic N) is 2. The molecule has 0 amide bonds. The Bertz CT molecular complexity index is 623. The number of benzene rings is 1. The summed E-state index contributed by atoms with van der Waals surface area (Å²) in [5.41, 5.74) is 9.55. The van der Waals surface area contributed by atoms with Crippen molar-refractivity contribution >= 4 is 10.9 Å². The third kappa shape index (κ3) is 3.09. The molecule has 3 rings (SSSR count). The zero-order valence-electron chi connectivity index (χ0n) is 13.0. The van der Waals surface area contributed by atoms with Gasteiger partial charge in [-0.15, -0.1) is 0 Å². The lowest BCUT2D eigenvalue weighted by Crippen LogP contribution is -2.40. The van der Waals surface area contributed by atoms with Crippen molar-refractivity contribution in [1.29, 1.82) is 0 Å². The second-order valence-electron chi connectivity index (χ2n) is 6.40. The topological polar surface area (TPSA) is 42.1 Å². The average molecular weight is 283 g/mol. The molecular formula is C18H25N3. The van der Waals surface area contributed by atoms with Crippen LogP contribution in [0.2, 0.25) is 0 Å². The van der Waals surface area contributed by atoms with E-state index in [2.05, 4.69) is 47.1 Å². The van der Waals surface area contributed by atoms with Crippen molar-refractivity contribution in [3.8, 4) is 0 Å². The Labute approximate surface area is 127 Å². The van der Waals surface area contributed by atoms with E-state index in [1.807, 2.05) is 6.92 Å². The number of rotatable bonds is 3. The van der Waals surface area contributed by atoms with Gasteiger partial charge >= 0.3 is 0 Å². The highest BCUT2D eigenvalue weighted by atomic mass is 15.2. The third-order valence-electron chi connectivity index (χ3n) is 4.59. The zero-order valence-corrected chi connectivity index (χ0v) is 13.0. The molecule has 3 heteroatoms. The first-order valence-electron chi connectivity index (χ1n) is 7.99. The van der Waals surface area contributed by atoms with E-state index in [9.17, 15) is 0 Å². The second kappa shape index (κ2) is 6.12. The summed E-state index contributed by atoms with van der Waals surface area (Å²) in [4.78, 5) is 7.13. The fourth-order valence-electron chi connectivity index (χ4n) is 3.46. The number of pyridine rings is 1. The van der Waals surface area contributed by atoms with E-state index in [0.29, 0.717) is 12.6 Å². The summed E-state index contributed by atoms with van der Waals surface area (Å²) >= 11 is 0. The lowest BCUT2D eigenvalue weighted by molar-refractivity contribution is 0.133. The average Bonchev–Trinajstić information content (AvgIpc) is 2.48. The van der Waals surface area contributed by atoms with Crippen LogP contribution < -0.4 is 5.73 Å². The molecule has 0 bridgehead atoms. The summed E-state index contributed by atoms with van der Waals surface area (Å²) in [6.45, 7) is 7.37. The minimum atomic E-state index is 0.332. The van der Waals surface area contributed by atoms with Crippen molar-refractivity contribution < 1.29 is 0 Å². The predicted molar refractivity (Wildman–Crippen MR) is 88.2 cm³/mol. The van der Waals surface area contributed by atoms with E-state index in [-0.39, 0.29) is 0 Å². The monoisotopic (exact) mass is 283 g/mol. The maximum atomic E-state index is 6.09. The summed E-state index contributed by atoms with van der Waals surface area (Å²) in [6.07, 6.45) is 2.63. The molecule has 21 heavy (non-hydrogen) atoms. The zero-order chi connectivity index (χ0) is 14.8. The molecule has 1 aromatic carbocycles. The Morgan fingerprint density at radius 1 is 1.33 bits per heavy atom. The Balaban J connectivity index is 1.91. The number of nitrogens with two attached hydrogens (primary N) is 1. The van der Waals surface area contributed by atoms with Crippen LogP contribution >= 0.6 is 0 Å². The SMILES string of the molecule is Cc1ccc2cc(C(CN)N3CCCC(C)C3)ccc2n1. The molecule has 0 saturated carbocycles. The quantitative estimate of drug-likeness (QED) is 0.940. The number of hydrogen-bond acceptors (Lipinski definition) is 3. The molecule has 3 nitrogen and oxygen atoms in total. The van der Waals surface area contributed by atoms with Gasteiger partial charge in [0.2, 0.25) is 0 Å². The first-order valence-corrected chi connectivity index (χ1v) is 7.99. The maximum Gasteiger partial charge on any atom is 0.0705 e. The van der Waals surface area contributed by atoms with E-state index in [1.165, 1.54) is 23.8 Å². The van der Waals surface area contributed by atoms with Crippen molar-refractivity contribution in [3.05, 3.63) is 41.6 Å². The summed E-state index contributed by atoms with van der Waals surface area (Å²) in [7, 11) is 0. The fourth-order valence-corrected chi connectivity index (χ4v) is 3.46. The van der Waals surface area contributed by atoms with Crippen LogP contribution in [0.3, 0.4) is 0 Å². The number of likely N-dealkylation sites (tertiary alicyclic amines) is 1. The van der Waals surface area contributed by atoms with Crippen molar-refractivity contribution in [3.63, 3.8) is 0 Å². The van der Waals surface area contributed by atoms with Crippen LogP contribution in [-0.2, 0) is 0 Å². The lowest BCUT2D eigenvalue weighted by Gasteiger charge is -2.37. The number of piperidine rings is 1. The van der Waals surface area contributed by atoms with E-state index in [4.69, 9.17) is 5.73 Å². The smallest absolute Gasteiger partial charge is 0.0705 e. The van der Waals surface area contributed by atoms with Crippen LogP contribution in [0.5, 0.6) is 0 Å². The van der Waals surface area contributed by atoms with Crippen LogP contribution in [0.25, 0.3) is 10.9 Å². The Morgan fingerprint density at radius 2 is 2.19 bits per heavy atom. The fraction of sp³-hybridized carbons (Fsp3) is 0.500. The molecule has 2 aromatic rings. The molecule has 1 aliphatic heterocycles. The van der Waals surface area contributed by atoms with Crippen molar-refractivity contribution in [2.24, 2.45) is 11.7 Å². The largest absolute Gasteiger partial charge is 0.329 e. The van der Waals surface area contributed by atoms with Crippen LogP contribution in [-0.4, -0.2) is 29.5 Å². The number of aromatic nitrogens is 1. The summed E-state index contributed by atoms with van der Waals surface area (Å²) < 4.78 is 0.